The predicted molar refractivity (Wildman–Crippen MR) is 81.4 cm³/mol. The van der Waals surface area contributed by atoms with Crippen LogP contribution in [0.2, 0.25) is 5.02 Å². The monoisotopic (exact) mass is 334 g/mol. The first kappa shape index (κ1) is 14.9. The summed E-state index contributed by atoms with van der Waals surface area (Å²) in [6.07, 6.45) is 0. The van der Waals surface area contributed by atoms with Crippen LogP contribution in [0.3, 0.4) is 0 Å². The van der Waals surface area contributed by atoms with Crippen LogP contribution < -0.4 is 11.2 Å². The molecule has 10 heteroatoms. The number of nitrogens with one attached hydrogen (secondary N) is 1. The number of carboxylic acids is 1. The van der Waals surface area contributed by atoms with E-state index in [0.717, 1.165) is 0 Å². The molecule has 0 aliphatic rings. The maximum absolute atomic E-state index is 11.1. The second-order valence-corrected chi connectivity index (χ2v) is 4.96. The van der Waals surface area contributed by atoms with E-state index in [1.807, 2.05) is 0 Å². The van der Waals surface area contributed by atoms with Gasteiger partial charge in [-0.3, -0.25) is 5.43 Å². The summed E-state index contributed by atoms with van der Waals surface area (Å²) in [5.74, 6) is 0.146. The Bertz CT molecular complexity index is 859. The molecule has 0 radical (unpaired) electrons. The number of furan rings is 1. The van der Waals surface area contributed by atoms with Gasteiger partial charge in [0.15, 0.2) is 0 Å². The van der Waals surface area contributed by atoms with Crippen molar-refractivity contribution in [3.8, 4) is 11.3 Å². The molecule has 3 aromatic rings. The van der Waals surface area contributed by atoms with Gasteiger partial charge in [-0.25, -0.2) is 4.79 Å². The minimum atomic E-state index is -1.10. The van der Waals surface area contributed by atoms with Gasteiger partial charge in [0.1, 0.15) is 11.5 Å². The Labute approximate surface area is 134 Å². The van der Waals surface area contributed by atoms with E-state index < -0.39 is 5.97 Å². The molecular formula is C13H11ClN6O3. The fourth-order valence-corrected chi connectivity index (χ4v) is 2.13. The summed E-state index contributed by atoms with van der Waals surface area (Å²) in [5.41, 5.74) is 9.01. The minimum Gasteiger partial charge on any atom is -0.478 e. The number of rotatable bonds is 5. The first-order valence-corrected chi connectivity index (χ1v) is 6.82. The number of hydrogen-bond donors (Lipinski definition) is 3. The molecule has 4 N–H and O–H groups in total. The van der Waals surface area contributed by atoms with Gasteiger partial charge in [0.2, 0.25) is 0 Å². The smallest absolute Gasteiger partial charge is 0.337 e. The maximum atomic E-state index is 11.1. The number of aromatic carboxylic acids is 1. The zero-order valence-electron chi connectivity index (χ0n) is 11.6. The number of aromatic nitrogens is 4. The lowest BCUT2D eigenvalue weighted by Gasteiger charge is -2.04. The average Bonchev–Trinajstić information content (AvgIpc) is 3.14. The Morgan fingerprint density at radius 1 is 1.39 bits per heavy atom. The highest BCUT2D eigenvalue weighted by Crippen LogP contribution is 2.27. The molecule has 2 heterocycles. The van der Waals surface area contributed by atoms with Gasteiger partial charge in [-0.15, -0.1) is 4.79 Å². The summed E-state index contributed by atoms with van der Waals surface area (Å²) >= 11 is 5.85. The zero-order chi connectivity index (χ0) is 16.4. The lowest BCUT2D eigenvalue weighted by atomic mass is 10.1. The standard InChI is InChI=1S/C13H11ClN6O3/c14-10-3-1-7(5-9(10)12(21)22)11-4-2-8(23-11)6-16-20-13(15)17-18-19-20/h1-5,16H,6H2,(H,21,22)(H2,15,17,19). The van der Waals surface area contributed by atoms with Crippen molar-refractivity contribution in [3.05, 3.63) is 46.7 Å². The highest BCUT2D eigenvalue weighted by molar-refractivity contribution is 6.33. The first-order chi connectivity index (χ1) is 11.0. The molecule has 0 spiro atoms. The van der Waals surface area contributed by atoms with Gasteiger partial charge >= 0.3 is 5.97 Å². The quantitative estimate of drug-likeness (QED) is 0.641. The van der Waals surface area contributed by atoms with E-state index in [0.29, 0.717) is 23.6 Å². The Kier molecular flexibility index (Phi) is 3.85. The molecule has 0 atom stereocenters. The van der Waals surface area contributed by atoms with Crippen molar-refractivity contribution < 1.29 is 14.3 Å². The van der Waals surface area contributed by atoms with Gasteiger partial charge in [0, 0.05) is 5.56 Å². The van der Waals surface area contributed by atoms with E-state index in [4.69, 9.17) is 26.9 Å². The van der Waals surface area contributed by atoms with Crippen molar-refractivity contribution in [2.45, 2.75) is 6.54 Å². The van der Waals surface area contributed by atoms with Crippen LogP contribution in [0.25, 0.3) is 11.3 Å². The number of carboxylic acid groups (broad SMARTS) is 1. The molecular weight excluding hydrogens is 324 g/mol. The van der Waals surface area contributed by atoms with Crippen molar-refractivity contribution in [3.63, 3.8) is 0 Å². The molecule has 9 nitrogen and oxygen atoms in total. The molecule has 0 saturated heterocycles. The molecule has 0 unspecified atom stereocenters. The van der Waals surface area contributed by atoms with E-state index in [-0.39, 0.29) is 16.5 Å². The molecule has 2 aromatic heterocycles. The van der Waals surface area contributed by atoms with E-state index >= 15 is 0 Å². The molecule has 0 aliphatic carbocycles. The van der Waals surface area contributed by atoms with Gasteiger partial charge in [0.25, 0.3) is 5.95 Å². The van der Waals surface area contributed by atoms with Gasteiger partial charge in [-0.05, 0) is 40.8 Å². The largest absolute Gasteiger partial charge is 0.478 e. The summed E-state index contributed by atoms with van der Waals surface area (Å²) in [5, 5.41) is 19.8. The summed E-state index contributed by atoms with van der Waals surface area (Å²) in [6, 6.07) is 8.14. The van der Waals surface area contributed by atoms with Gasteiger partial charge in [-0.2, -0.15) is 0 Å². The molecule has 0 amide bonds. The van der Waals surface area contributed by atoms with Crippen molar-refractivity contribution in [1.29, 1.82) is 0 Å². The Hall–Kier alpha value is -3.07. The number of anilines is 1. The number of nitrogens with zero attached hydrogens (tertiary/aromatic N) is 4. The topological polar surface area (TPSA) is 132 Å². The summed E-state index contributed by atoms with van der Waals surface area (Å²) in [6.45, 7) is 0.300. The van der Waals surface area contributed by atoms with E-state index in [2.05, 4.69) is 21.0 Å². The number of tetrazole rings is 1. The van der Waals surface area contributed by atoms with Gasteiger partial charge in [0.05, 0.1) is 17.1 Å². The third-order valence-electron chi connectivity index (χ3n) is 3.04. The number of carbonyl (C=O) groups is 1. The van der Waals surface area contributed by atoms with E-state index in [9.17, 15) is 4.79 Å². The zero-order valence-corrected chi connectivity index (χ0v) is 12.4. The minimum absolute atomic E-state index is 0.0155. The Morgan fingerprint density at radius 3 is 2.91 bits per heavy atom. The van der Waals surface area contributed by atoms with Gasteiger partial charge in [-0.1, -0.05) is 16.7 Å². The van der Waals surface area contributed by atoms with Crippen LogP contribution in [0.15, 0.2) is 34.7 Å². The third kappa shape index (κ3) is 3.09. The van der Waals surface area contributed by atoms with Crippen LogP contribution >= 0.6 is 11.6 Å². The predicted octanol–water partition coefficient (Wildman–Crippen LogP) is 1.61. The number of nitrogens with two attached hydrogens (primary N) is 1. The summed E-state index contributed by atoms with van der Waals surface area (Å²) in [4.78, 5) is 12.3. The second kappa shape index (κ2) is 5.97. The first-order valence-electron chi connectivity index (χ1n) is 6.44. The Morgan fingerprint density at radius 2 is 2.22 bits per heavy atom. The average molecular weight is 335 g/mol. The number of benzene rings is 1. The van der Waals surface area contributed by atoms with E-state index in [1.54, 1.807) is 18.2 Å². The molecule has 0 aliphatic heterocycles. The highest BCUT2D eigenvalue weighted by Gasteiger charge is 2.12. The molecule has 23 heavy (non-hydrogen) atoms. The van der Waals surface area contributed by atoms with Crippen molar-refractivity contribution >= 4 is 23.5 Å². The third-order valence-corrected chi connectivity index (χ3v) is 3.37. The number of halogens is 1. The van der Waals surface area contributed by atoms with E-state index in [1.165, 1.54) is 16.9 Å². The van der Waals surface area contributed by atoms with Crippen molar-refractivity contribution in [1.82, 2.24) is 20.3 Å². The Balaban J connectivity index is 1.78. The lowest BCUT2D eigenvalue weighted by Crippen LogP contribution is -2.18. The molecule has 0 bridgehead atoms. The second-order valence-electron chi connectivity index (χ2n) is 4.55. The van der Waals surface area contributed by atoms with Crippen LogP contribution in [0.5, 0.6) is 0 Å². The normalized spacial score (nSPS) is 10.7. The van der Waals surface area contributed by atoms with Crippen LogP contribution in [0, 0.1) is 0 Å². The fraction of sp³-hybridized carbons (Fsp3) is 0.0769. The van der Waals surface area contributed by atoms with Crippen molar-refractivity contribution in [2.24, 2.45) is 0 Å². The summed E-state index contributed by atoms with van der Waals surface area (Å²) < 4.78 is 5.66. The van der Waals surface area contributed by atoms with Crippen LogP contribution in [0.4, 0.5) is 5.95 Å². The van der Waals surface area contributed by atoms with Gasteiger partial charge < -0.3 is 15.3 Å². The molecule has 0 saturated carbocycles. The number of hydrogen-bond acceptors (Lipinski definition) is 7. The fourth-order valence-electron chi connectivity index (χ4n) is 1.93. The number of nitrogen functional groups attached to an aromatic ring is 1. The highest BCUT2D eigenvalue weighted by atomic mass is 35.5. The summed E-state index contributed by atoms with van der Waals surface area (Å²) in [7, 11) is 0. The maximum Gasteiger partial charge on any atom is 0.337 e. The molecule has 0 fully saturated rings. The van der Waals surface area contributed by atoms with Crippen molar-refractivity contribution in [2.75, 3.05) is 11.2 Å². The molecule has 3 rings (SSSR count). The molecule has 1 aromatic carbocycles. The van der Waals surface area contributed by atoms with Crippen LogP contribution in [-0.4, -0.2) is 31.4 Å². The SMILES string of the molecule is Nc1nnnn1NCc1ccc(-c2ccc(Cl)c(C(=O)O)c2)o1. The van der Waals surface area contributed by atoms with Crippen LogP contribution in [-0.2, 0) is 6.54 Å². The lowest BCUT2D eigenvalue weighted by molar-refractivity contribution is 0.0697. The van der Waals surface area contributed by atoms with Crippen LogP contribution in [0.1, 0.15) is 16.1 Å². The molecule has 118 valence electrons.